The lowest BCUT2D eigenvalue weighted by atomic mass is 10.0. The molecule has 104 valence electrons. The zero-order chi connectivity index (χ0) is 13.8. The minimum absolute atomic E-state index is 0.133. The van der Waals surface area contributed by atoms with Gasteiger partial charge in [0.05, 0.1) is 6.61 Å². The smallest absolute Gasteiger partial charge is 0.328 e. The fourth-order valence-electron chi connectivity index (χ4n) is 2.50. The molecule has 4 nitrogen and oxygen atoms in total. The van der Waals surface area contributed by atoms with Gasteiger partial charge in [0.15, 0.2) is 0 Å². The monoisotopic (exact) mass is 326 g/mol. The summed E-state index contributed by atoms with van der Waals surface area (Å²) in [6.07, 6.45) is 4.78. The number of hydrogen-bond donors (Lipinski definition) is 0. The lowest BCUT2D eigenvalue weighted by Crippen LogP contribution is -2.46. The van der Waals surface area contributed by atoms with Crippen molar-refractivity contribution in [2.24, 2.45) is 0 Å². The van der Waals surface area contributed by atoms with Gasteiger partial charge in [-0.05, 0) is 60.7 Å². The molecule has 19 heavy (non-hydrogen) atoms. The molecular formula is C14H19BrN2O2. The molecule has 0 spiro atoms. The standard InChI is InChI=1S/C14H19BrN2O2/c1-3-19-14(18)12-6-4-5-7-17(12)13-10(2)8-11(15)9-16-13/h8-9,12H,3-7H2,1-2H3. The molecule has 0 radical (unpaired) electrons. The zero-order valence-corrected chi connectivity index (χ0v) is 12.9. The zero-order valence-electron chi connectivity index (χ0n) is 11.4. The van der Waals surface area contributed by atoms with Crippen LogP contribution in [0.1, 0.15) is 31.7 Å². The minimum atomic E-state index is -0.193. The topological polar surface area (TPSA) is 42.4 Å². The van der Waals surface area contributed by atoms with Gasteiger partial charge in [0, 0.05) is 17.2 Å². The van der Waals surface area contributed by atoms with E-state index in [9.17, 15) is 4.79 Å². The number of pyridine rings is 1. The van der Waals surface area contributed by atoms with Crippen LogP contribution in [0.3, 0.4) is 0 Å². The van der Waals surface area contributed by atoms with Crippen LogP contribution in [0, 0.1) is 6.92 Å². The summed E-state index contributed by atoms with van der Waals surface area (Å²) in [6, 6.07) is 1.83. The molecule has 0 aromatic carbocycles. The summed E-state index contributed by atoms with van der Waals surface area (Å²) in [5.41, 5.74) is 1.07. The Bertz CT molecular complexity index is 465. The van der Waals surface area contributed by atoms with Crippen LogP contribution < -0.4 is 4.90 Å². The van der Waals surface area contributed by atoms with Crippen LogP contribution >= 0.6 is 15.9 Å². The largest absolute Gasteiger partial charge is 0.464 e. The first-order chi connectivity index (χ1) is 9.13. The number of piperidine rings is 1. The van der Waals surface area contributed by atoms with Crippen molar-refractivity contribution in [1.82, 2.24) is 4.98 Å². The van der Waals surface area contributed by atoms with E-state index in [1.54, 1.807) is 6.20 Å². The Morgan fingerprint density at radius 1 is 1.58 bits per heavy atom. The van der Waals surface area contributed by atoms with E-state index < -0.39 is 0 Å². The number of aryl methyl sites for hydroxylation is 1. The Morgan fingerprint density at radius 2 is 2.37 bits per heavy atom. The van der Waals surface area contributed by atoms with E-state index in [1.165, 1.54) is 0 Å². The summed E-state index contributed by atoms with van der Waals surface area (Å²) in [4.78, 5) is 18.6. The Labute approximate surface area is 122 Å². The maximum Gasteiger partial charge on any atom is 0.328 e. The third kappa shape index (κ3) is 3.26. The van der Waals surface area contributed by atoms with Crippen LogP contribution in [0.15, 0.2) is 16.7 Å². The van der Waals surface area contributed by atoms with Gasteiger partial charge in [0.2, 0.25) is 0 Å². The molecule has 1 unspecified atom stereocenters. The van der Waals surface area contributed by atoms with Gasteiger partial charge in [-0.15, -0.1) is 0 Å². The fraction of sp³-hybridized carbons (Fsp3) is 0.571. The number of esters is 1. The highest BCUT2D eigenvalue weighted by molar-refractivity contribution is 9.10. The van der Waals surface area contributed by atoms with Crippen molar-refractivity contribution in [2.75, 3.05) is 18.1 Å². The van der Waals surface area contributed by atoms with Gasteiger partial charge in [-0.2, -0.15) is 0 Å². The molecule has 1 atom stereocenters. The normalized spacial score (nSPS) is 19.3. The maximum absolute atomic E-state index is 12.1. The van der Waals surface area contributed by atoms with Gasteiger partial charge < -0.3 is 9.64 Å². The highest BCUT2D eigenvalue weighted by atomic mass is 79.9. The number of rotatable bonds is 3. The van der Waals surface area contributed by atoms with E-state index >= 15 is 0 Å². The third-order valence-electron chi connectivity index (χ3n) is 3.35. The molecule has 2 rings (SSSR count). The van der Waals surface area contributed by atoms with Gasteiger partial charge in [0.25, 0.3) is 0 Å². The highest BCUT2D eigenvalue weighted by Crippen LogP contribution is 2.27. The molecule has 1 aromatic rings. The van der Waals surface area contributed by atoms with Crippen molar-refractivity contribution in [1.29, 1.82) is 0 Å². The number of anilines is 1. The first-order valence-corrected chi connectivity index (χ1v) is 7.48. The van der Waals surface area contributed by atoms with Gasteiger partial charge in [-0.1, -0.05) is 0 Å². The van der Waals surface area contributed by atoms with E-state index in [1.807, 2.05) is 19.9 Å². The van der Waals surface area contributed by atoms with Crippen molar-refractivity contribution in [3.05, 3.63) is 22.3 Å². The van der Waals surface area contributed by atoms with Crippen molar-refractivity contribution in [2.45, 2.75) is 39.2 Å². The van der Waals surface area contributed by atoms with E-state index in [4.69, 9.17) is 4.74 Å². The molecule has 5 heteroatoms. The quantitative estimate of drug-likeness (QED) is 0.800. The maximum atomic E-state index is 12.1. The Balaban J connectivity index is 2.26. The lowest BCUT2D eigenvalue weighted by molar-refractivity contribution is -0.145. The van der Waals surface area contributed by atoms with Crippen molar-refractivity contribution in [3.8, 4) is 0 Å². The predicted molar refractivity (Wildman–Crippen MR) is 78.3 cm³/mol. The summed E-state index contributed by atoms with van der Waals surface area (Å²) in [6.45, 7) is 5.15. The van der Waals surface area contributed by atoms with Crippen LogP contribution in [-0.2, 0) is 9.53 Å². The second-order valence-corrected chi connectivity index (χ2v) is 5.67. The first kappa shape index (κ1) is 14.3. The number of carbonyl (C=O) groups is 1. The molecule has 0 bridgehead atoms. The average Bonchev–Trinajstić information content (AvgIpc) is 2.39. The minimum Gasteiger partial charge on any atom is -0.464 e. The Hall–Kier alpha value is -1.10. The summed E-state index contributed by atoms with van der Waals surface area (Å²) >= 11 is 3.42. The van der Waals surface area contributed by atoms with Gasteiger partial charge in [-0.25, -0.2) is 9.78 Å². The van der Waals surface area contributed by atoms with Crippen LogP contribution in [-0.4, -0.2) is 30.1 Å². The second-order valence-electron chi connectivity index (χ2n) is 4.75. The summed E-state index contributed by atoms with van der Waals surface area (Å²) < 4.78 is 6.14. The molecule has 1 fully saturated rings. The molecule has 2 heterocycles. The third-order valence-corrected chi connectivity index (χ3v) is 3.78. The molecule has 1 aliphatic heterocycles. The average molecular weight is 327 g/mol. The summed E-state index contributed by atoms with van der Waals surface area (Å²) in [7, 11) is 0. The molecule has 1 aliphatic rings. The molecule has 1 saturated heterocycles. The summed E-state index contributed by atoms with van der Waals surface area (Å²) in [5.74, 6) is 0.757. The number of hydrogen-bond acceptors (Lipinski definition) is 4. The van der Waals surface area contributed by atoms with Crippen molar-refractivity contribution < 1.29 is 9.53 Å². The van der Waals surface area contributed by atoms with Gasteiger partial charge in [-0.3, -0.25) is 0 Å². The van der Waals surface area contributed by atoms with Crippen LogP contribution in [0.25, 0.3) is 0 Å². The molecule has 0 saturated carbocycles. The lowest BCUT2D eigenvalue weighted by Gasteiger charge is -2.35. The van der Waals surface area contributed by atoms with Gasteiger partial charge in [0.1, 0.15) is 11.9 Å². The molecule has 1 aromatic heterocycles. The van der Waals surface area contributed by atoms with E-state index in [0.717, 1.165) is 41.7 Å². The van der Waals surface area contributed by atoms with E-state index in [-0.39, 0.29) is 12.0 Å². The van der Waals surface area contributed by atoms with Crippen LogP contribution in [0.2, 0.25) is 0 Å². The Morgan fingerprint density at radius 3 is 3.05 bits per heavy atom. The number of aromatic nitrogens is 1. The molecule has 0 aliphatic carbocycles. The number of nitrogens with zero attached hydrogens (tertiary/aromatic N) is 2. The Kier molecular flexibility index (Phi) is 4.80. The predicted octanol–water partition coefficient (Wildman–Crippen LogP) is 3.07. The number of ether oxygens (including phenoxy) is 1. The van der Waals surface area contributed by atoms with Crippen molar-refractivity contribution in [3.63, 3.8) is 0 Å². The molecular weight excluding hydrogens is 308 g/mol. The number of halogens is 1. The molecule has 0 N–H and O–H groups in total. The first-order valence-electron chi connectivity index (χ1n) is 6.69. The van der Waals surface area contributed by atoms with E-state index in [2.05, 4.69) is 25.8 Å². The van der Waals surface area contributed by atoms with Crippen LogP contribution in [0.4, 0.5) is 5.82 Å². The van der Waals surface area contributed by atoms with E-state index in [0.29, 0.717) is 6.61 Å². The summed E-state index contributed by atoms with van der Waals surface area (Å²) in [5, 5.41) is 0. The number of carbonyl (C=O) groups excluding carboxylic acids is 1. The van der Waals surface area contributed by atoms with Crippen molar-refractivity contribution >= 4 is 27.7 Å². The second kappa shape index (κ2) is 6.37. The van der Waals surface area contributed by atoms with Crippen LogP contribution in [0.5, 0.6) is 0 Å². The highest BCUT2D eigenvalue weighted by Gasteiger charge is 2.31. The fourth-order valence-corrected chi connectivity index (χ4v) is 2.95. The SMILES string of the molecule is CCOC(=O)C1CCCCN1c1ncc(Br)cc1C. The van der Waals surface area contributed by atoms with Gasteiger partial charge >= 0.3 is 5.97 Å². The molecule has 0 amide bonds.